The van der Waals surface area contributed by atoms with Crippen LogP contribution >= 0.6 is 0 Å². The smallest absolute Gasteiger partial charge is 0.230 e. The Balaban J connectivity index is 2.71. The fraction of sp³-hybridized carbons (Fsp3) is 0.300. The molecule has 1 amide bonds. The van der Waals surface area contributed by atoms with Crippen molar-refractivity contribution in [3.63, 3.8) is 0 Å². The van der Waals surface area contributed by atoms with Crippen molar-refractivity contribution in [2.24, 2.45) is 5.11 Å². The second-order valence-corrected chi connectivity index (χ2v) is 2.87. The first-order valence-corrected chi connectivity index (χ1v) is 4.80. The number of benzene rings is 1. The Kier molecular flexibility index (Phi) is 4.69. The van der Waals surface area contributed by atoms with Crippen molar-refractivity contribution in [1.29, 1.82) is 0 Å². The maximum atomic E-state index is 11.3. The number of rotatable bonds is 5. The summed E-state index contributed by atoms with van der Waals surface area (Å²) < 4.78 is 5.32. The standard InChI is InChI=1S/C10H12N4O2/c1-2-16-9-6-4-3-5-8(9)13-10(15)7-12-14-11/h3-6H,2,7H2,1H3,(H,13,15). The van der Waals surface area contributed by atoms with Gasteiger partial charge < -0.3 is 10.1 Å². The Morgan fingerprint density at radius 1 is 1.56 bits per heavy atom. The average molecular weight is 220 g/mol. The minimum atomic E-state index is -0.370. The van der Waals surface area contributed by atoms with Crippen molar-refractivity contribution in [2.45, 2.75) is 6.92 Å². The topological polar surface area (TPSA) is 87.1 Å². The first kappa shape index (κ1) is 11.9. The molecular formula is C10H12N4O2. The lowest BCUT2D eigenvalue weighted by molar-refractivity contribution is -0.114. The van der Waals surface area contributed by atoms with E-state index >= 15 is 0 Å². The highest BCUT2D eigenvalue weighted by Crippen LogP contribution is 2.23. The van der Waals surface area contributed by atoms with Gasteiger partial charge in [-0.1, -0.05) is 17.2 Å². The molecule has 16 heavy (non-hydrogen) atoms. The third kappa shape index (κ3) is 3.51. The summed E-state index contributed by atoms with van der Waals surface area (Å²) in [6, 6.07) is 7.07. The molecule has 0 aliphatic rings. The predicted octanol–water partition coefficient (Wildman–Crippen LogP) is 2.33. The van der Waals surface area contributed by atoms with Crippen LogP contribution in [0.4, 0.5) is 5.69 Å². The summed E-state index contributed by atoms with van der Waals surface area (Å²) in [5.74, 6) is 0.226. The lowest BCUT2D eigenvalue weighted by atomic mass is 10.3. The zero-order valence-corrected chi connectivity index (χ0v) is 8.88. The Morgan fingerprint density at radius 2 is 2.31 bits per heavy atom. The van der Waals surface area contributed by atoms with Crippen LogP contribution in [0.5, 0.6) is 5.75 Å². The highest BCUT2D eigenvalue weighted by atomic mass is 16.5. The van der Waals surface area contributed by atoms with E-state index in [-0.39, 0.29) is 12.5 Å². The Hall–Kier alpha value is -2.20. The summed E-state index contributed by atoms with van der Waals surface area (Å²) in [6.45, 7) is 2.15. The van der Waals surface area contributed by atoms with Crippen molar-refractivity contribution in [3.05, 3.63) is 34.7 Å². The zero-order valence-electron chi connectivity index (χ0n) is 8.88. The maximum absolute atomic E-state index is 11.3. The predicted molar refractivity (Wildman–Crippen MR) is 60.3 cm³/mol. The number of nitrogens with zero attached hydrogens (tertiary/aromatic N) is 3. The molecule has 0 aliphatic heterocycles. The van der Waals surface area contributed by atoms with Gasteiger partial charge in [0.25, 0.3) is 0 Å². The lowest BCUT2D eigenvalue weighted by Crippen LogP contribution is -2.15. The molecule has 0 aliphatic carbocycles. The van der Waals surface area contributed by atoms with Crippen LogP contribution in [0, 0.1) is 0 Å². The molecule has 0 radical (unpaired) electrons. The van der Waals surface area contributed by atoms with E-state index in [2.05, 4.69) is 15.3 Å². The molecule has 0 saturated heterocycles. The third-order valence-electron chi connectivity index (χ3n) is 1.74. The number of ether oxygens (including phenoxy) is 1. The Morgan fingerprint density at radius 3 is 3.00 bits per heavy atom. The van der Waals surface area contributed by atoms with Gasteiger partial charge in [0.2, 0.25) is 5.91 Å². The highest BCUT2D eigenvalue weighted by Gasteiger charge is 2.05. The van der Waals surface area contributed by atoms with E-state index in [0.717, 1.165) is 0 Å². The van der Waals surface area contributed by atoms with E-state index in [0.29, 0.717) is 18.0 Å². The number of hydrogen-bond acceptors (Lipinski definition) is 3. The van der Waals surface area contributed by atoms with Gasteiger partial charge in [0, 0.05) is 4.91 Å². The van der Waals surface area contributed by atoms with E-state index < -0.39 is 0 Å². The van der Waals surface area contributed by atoms with Gasteiger partial charge in [-0.25, -0.2) is 0 Å². The van der Waals surface area contributed by atoms with Crippen molar-refractivity contribution < 1.29 is 9.53 Å². The lowest BCUT2D eigenvalue weighted by Gasteiger charge is -2.10. The van der Waals surface area contributed by atoms with Crippen LogP contribution in [0.1, 0.15) is 6.92 Å². The number of carbonyl (C=O) groups excluding carboxylic acids is 1. The van der Waals surface area contributed by atoms with Gasteiger partial charge in [0.05, 0.1) is 12.3 Å². The van der Waals surface area contributed by atoms with Crippen LogP contribution in [-0.4, -0.2) is 19.1 Å². The molecule has 0 heterocycles. The van der Waals surface area contributed by atoms with Gasteiger partial charge in [0.1, 0.15) is 12.3 Å². The molecule has 6 nitrogen and oxygen atoms in total. The molecule has 0 spiro atoms. The van der Waals surface area contributed by atoms with Gasteiger partial charge in [-0.2, -0.15) is 0 Å². The van der Waals surface area contributed by atoms with Crippen LogP contribution in [0.3, 0.4) is 0 Å². The van der Waals surface area contributed by atoms with Crippen molar-refractivity contribution in [2.75, 3.05) is 18.5 Å². The Bertz CT molecular complexity index is 413. The zero-order chi connectivity index (χ0) is 11.8. The van der Waals surface area contributed by atoms with Crippen LogP contribution in [-0.2, 0) is 4.79 Å². The number of para-hydroxylation sites is 2. The van der Waals surface area contributed by atoms with Crippen LogP contribution in [0.25, 0.3) is 10.4 Å². The van der Waals surface area contributed by atoms with E-state index in [1.165, 1.54) is 0 Å². The second kappa shape index (κ2) is 6.31. The molecular weight excluding hydrogens is 208 g/mol. The summed E-state index contributed by atoms with van der Waals surface area (Å²) in [5, 5.41) is 5.77. The van der Waals surface area contributed by atoms with Crippen molar-refractivity contribution in [3.8, 4) is 5.75 Å². The average Bonchev–Trinajstić information content (AvgIpc) is 2.29. The van der Waals surface area contributed by atoms with E-state index in [1.807, 2.05) is 13.0 Å². The normalized spacial score (nSPS) is 9.06. The summed E-state index contributed by atoms with van der Waals surface area (Å²) >= 11 is 0. The van der Waals surface area contributed by atoms with Crippen molar-refractivity contribution >= 4 is 11.6 Å². The molecule has 0 atom stereocenters. The molecule has 1 rings (SSSR count). The summed E-state index contributed by atoms with van der Waals surface area (Å²) in [4.78, 5) is 13.8. The first-order chi connectivity index (χ1) is 7.77. The molecule has 84 valence electrons. The van der Waals surface area contributed by atoms with Crippen molar-refractivity contribution in [1.82, 2.24) is 0 Å². The van der Waals surface area contributed by atoms with E-state index in [1.54, 1.807) is 18.2 Å². The number of hydrogen-bond donors (Lipinski definition) is 1. The molecule has 0 fully saturated rings. The molecule has 1 N–H and O–H groups in total. The molecule has 0 bridgehead atoms. The van der Waals surface area contributed by atoms with Crippen LogP contribution < -0.4 is 10.1 Å². The molecule has 0 saturated carbocycles. The fourth-order valence-corrected chi connectivity index (χ4v) is 1.14. The van der Waals surface area contributed by atoms with Crippen LogP contribution in [0.15, 0.2) is 29.4 Å². The van der Waals surface area contributed by atoms with E-state index in [4.69, 9.17) is 10.3 Å². The van der Waals surface area contributed by atoms with Crippen LogP contribution in [0.2, 0.25) is 0 Å². The van der Waals surface area contributed by atoms with Gasteiger partial charge >= 0.3 is 0 Å². The number of carbonyl (C=O) groups is 1. The monoisotopic (exact) mass is 220 g/mol. The summed E-state index contributed by atoms with van der Waals surface area (Å²) in [6.07, 6.45) is 0. The van der Waals surface area contributed by atoms with Gasteiger partial charge in [0.15, 0.2) is 0 Å². The number of nitrogens with one attached hydrogen (secondary N) is 1. The number of anilines is 1. The molecule has 6 heteroatoms. The molecule has 0 unspecified atom stereocenters. The number of amides is 1. The summed E-state index contributed by atoms with van der Waals surface area (Å²) in [5.41, 5.74) is 8.65. The minimum absolute atomic E-state index is 0.225. The fourth-order valence-electron chi connectivity index (χ4n) is 1.14. The van der Waals surface area contributed by atoms with Gasteiger partial charge in [-0.3, -0.25) is 4.79 Å². The number of azide groups is 1. The quantitative estimate of drug-likeness (QED) is 0.469. The SMILES string of the molecule is CCOc1ccccc1NC(=O)CN=[N+]=[N-]. The largest absolute Gasteiger partial charge is 0.492 e. The molecule has 0 aromatic heterocycles. The second-order valence-electron chi connectivity index (χ2n) is 2.87. The third-order valence-corrected chi connectivity index (χ3v) is 1.74. The molecule has 1 aromatic carbocycles. The van der Waals surface area contributed by atoms with Gasteiger partial charge in [-0.05, 0) is 24.6 Å². The molecule has 1 aromatic rings. The van der Waals surface area contributed by atoms with E-state index in [9.17, 15) is 4.79 Å². The maximum Gasteiger partial charge on any atom is 0.230 e. The Labute approximate surface area is 92.8 Å². The minimum Gasteiger partial charge on any atom is -0.492 e. The first-order valence-electron chi connectivity index (χ1n) is 4.80. The van der Waals surface area contributed by atoms with Gasteiger partial charge in [-0.15, -0.1) is 0 Å². The highest BCUT2D eigenvalue weighted by molar-refractivity contribution is 5.93. The summed E-state index contributed by atoms with van der Waals surface area (Å²) in [7, 11) is 0.